The average Bonchev–Trinajstić information content (AvgIpc) is 2.44. The van der Waals surface area contributed by atoms with Crippen LogP contribution in [0, 0.1) is 17.2 Å². The van der Waals surface area contributed by atoms with E-state index in [4.69, 9.17) is 4.84 Å². The number of hydrogen-bond donors (Lipinski definition) is 0. The maximum absolute atomic E-state index is 13.5. The van der Waals surface area contributed by atoms with Crippen LogP contribution >= 0.6 is 15.9 Å². The van der Waals surface area contributed by atoms with Crippen molar-refractivity contribution in [3.63, 3.8) is 0 Å². The van der Waals surface area contributed by atoms with Gasteiger partial charge >= 0.3 is 5.97 Å². The van der Waals surface area contributed by atoms with E-state index in [1.807, 2.05) is 26.8 Å². The Morgan fingerprint density at radius 1 is 1.36 bits per heavy atom. The lowest BCUT2D eigenvalue weighted by Crippen LogP contribution is -2.39. The fraction of sp³-hybridized carbons (Fsp3) is 0.588. The fourth-order valence-corrected chi connectivity index (χ4v) is 2.71. The molecule has 0 N–H and O–H groups in total. The molecule has 0 aromatic heterocycles. The molecule has 1 aliphatic rings. The summed E-state index contributed by atoms with van der Waals surface area (Å²) < 4.78 is 14.0. The van der Waals surface area contributed by atoms with Crippen LogP contribution in [0.2, 0.25) is 0 Å². The van der Waals surface area contributed by atoms with Gasteiger partial charge in [0.1, 0.15) is 5.82 Å². The number of benzene rings is 1. The van der Waals surface area contributed by atoms with Crippen molar-refractivity contribution < 1.29 is 14.0 Å². The maximum atomic E-state index is 13.5. The Bertz CT molecular complexity index is 534. The Hall–Kier alpha value is -0.940. The molecule has 1 aromatic rings. The molecule has 22 heavy (non-hydrogen) atoms. The monoisotopic (exact) mass is 371 g/mol. The first-order valence-corrected chi connectivity index (χ1v) is 8.46. The molecule has 5 heteroatoms. The molecule has 0 spiro atoms. The zero-order valence-corrected chi connectivity index (χ0v) is 15.0. The van der Waals surface area contributed by atoms with Gasteiger partial charge in [0.2, 0.25) is 0 Å². The quantitative estimate of drug-likeness (QED) is 0.790. The number of rotatable bonds is 3. The third-order valence-electron chi connectivity index (χ3n) is 3.91. The predicted octanol–water partition coefficient (Wildman–Crippen LogP) is 4.35. The number of hydrogen-bond acceptors (Lipinski definition) is 3. The summed E-state index contributed by atoms with van der Waals surface area (Å²) in [4.78, 5) is 17.3. The molecule has 3 nitrogen and oxygen atoms in total. The van der Waals surface area contributed by atoms with Crippen molar-refractivity contribution in [1.82, 2.24) is 5.06 Å². The van der Waals surface area contributed by atoms with Crippen molar-refractivity contribution in [2.24, 2.45) is 11.3 Å². The Labute approximate surface area is 139 Å². The maximum Gasteiger partial charge on any atom is 0.330 e. The number of nitrogens with zero attached hydrogens (tertiary/aromatic N) is 1. The van der Waals surface area contributed by atoms with E-state index < -0.39 is 5.41 Å². The van der Waals surface area contributed by atoms with Crippen LogP contribution in [0.25, 0.3) is 0 Å². The third-order valence-corrected chi connectivity index (χ3v) is 4.55. The highest BCUT2D eigenvalue weighted by Crippen LogP contribution is 2.25. The van der Waals surface area contributed by atoms with Crippen LogP contribution in [0.4, 0.5) is 4.39 Å². The highest BCUT2D eigenvalue weighted by molar-refractivity contribution is 9.10. The van der Waals surface area contributed by atoms with Gasteiger partial charge in [-0.1, -0.05) is 6.07 Å². The van der Waals surface area contributed by atoms with Gasteiger partial charge in [-0.25, -0.2) is 9.18 Å². The minimum absolute atomic E-state index is 0.194. The lowest BCUT2D eigenvalue weighted by molar-refractivity contribution is -0.206. The zero-order valence-electron chi connectivity index (χ0n) is 13.4. The van der Waals surface area contributed by atoms with Crippen LogP contribution < -0.4 is 0 Å². The fourth-order valence-electron chi connectivity index (χ4n) is 2.46. The van der Waals surface area contributed by atoms with Crippen molar-refractivity contribution in [3.05, 3.63) is 34.1 Å². The number of hydroxylamine groups is 2. The van der Waals surface area contributed by atoms with E-state index >= 15 is 0 Å². The van der Waals surface area contributed by atoms with Crippen molar-refractivity contribution >= 4 is 21.9 Å². The second kappa shape index (κ2) is 7.09. The molecule has 0 aliphatic carbocycles. The number of carbonyl (C=O) groups excluding carboxylic acids is 1. The third kappa shape index (κ3) is 4.78. The van der Waals surface area contributed by atoms with Gasteiger partial charge in [-0.2, -0.15) is 0 Å². The van der Waals surface area contributed by atoms with Gasteiger partial charge in [-0.3, -0.25) is 0 Å². The van der Waals surface area contributed by atoms with Gasteiger partial charge in [0.25, 0.3) is 0 Å². The normalized spacial score (nSPS) is 17.5. The Balaban J connectivity index is 1.82. The number of carbonyl (C=O) groups is 1. The molecule has 122 valence electrons. The SMILES string of the molecule is CC(C)(C)C(=O)ON1CCC(Cc2ccc(Br)c(F)c2)CC1. The molecule has 2 rings (SSSR count). The number of halogens is 2. The molecule has 0 atom stereocenters. The molecule has 0 radical (unpaired) electrons. The van der Waals surface area contributed by atoms with Crippen molar-refractivity contribution in [1.29, 1.82) is 0 Å². The van der Waals surface area contributed by atoms with Crippen LogP contribution in [0.1, 0.15) is 39.2 Å². The molecular formula is C17H23BrFNO2. The first-order valence-electron chi connectivity index (χ1n) is 7.67. The first-order chi connectivity index (χ1) is 10.3. The molecular weight excluding hydrogens is 349 g/mol. The van der Waals surface area contributed by atoms with Gasteiger partial charge in [0.05, 0.1) is 9.89 Å². The summed E-state index contributed by atoms with van der Waals surface area (Å²) in [6.45, 7) is 7.04. The van der Waals surface area contributed by atoms with Gasteiger partial charge in [-0.15, -0.1) is 5.06 Å². The van der Waals surface area contributed by atoms with E-state index in [0.717, 1.165) is 37.9 Å². The van der Waals surface area contributed by atoms with Gasteiger partial charge in [0.15, 0.2) is 0 Å². The summed E-state index contributed by atoms with van der Waals surface area (Å²) in [6.07, 6.45) is 2.77. The van der Waals surface area contributed by atoms with Crippen molar-refractivity contribution in [2.75, 3.05) is 13.1 Å². The second-order valence-corrected chi connectivity index (χ2v) is 7.81. The summed E-state index contributed by atoms with van der Waals surface area (Å²) in [5, 5.41) is 1.76. The Morgan fingerprint density at radius 3 is 2.55 bits per heavy atom. The van der Waals surface area contributed by atoms with Crippen molar-refractivity contribution in [3.8, 4) is 0 Å². The summed E-state index contributed by atoms with van der Waals surface area (Å²) in [5.41, 5.74) is 0.539. The van der Waals surface area contributed by atoms with E-state index in [-0.39, 0.29) is 11.8 Å². The van der Waals surface area contributed by atoms with Crippen LogP contribution in [-0.2, 0) is 16.1 Å². The average molecular weight is 372 g/mol. The first kappa shape index (κ1) is 17.4. The van der Waals surface area contributed by atoms with E-state index in [1.165, 1.54) is 0 Å². The molecule has 1 aromatic carbocycles. The highest BCUT2D eigenvalue weighted by atomic mass is 79.9. The summed E-state index contributed by atoms with van der Waals surface area (Å²) in [7, 11) is 0. The molecule has 1 aliphatic heterocycles. The summed E-state index contributed by atoms with van der Waals surface area (Å²) in [6, 6.07) is 5.31. The Morgan fingerprint density at radius 2 is 2.00 bits per heavy atom. The number of piperidine rings is 1. The van der Waals surface area contributed by atoms with Gasteiger partial charge in [0, 0.05) is 13.1 Å². The lowest BCUT2D eigenvalue weighted by Gasteiger charge is -2.32. The van der Waals surface area contributed by atoms with Gasteiger partial charge in [-0.05, 0) is 79.6 Å². The van der Waals surface area contributed by atoms with E-state index in [0.29, 0.717) is 10.4 Å². The van der Waals surface area contributed by atoms with Crippen LogP contribution in [-0.4, -0.2) is 24.1 Å². The van der Waals surface area contributed by atoms with E-state index in [2.05, 4.69) is 15.9 Å². The second-order valence-electron chi connectivity index (χ2n) is 6.95. The minimum Gasteiger partial charge on any atom is -0.367 e. The molecule has 1 fully saturated rings. The standard InChI is InChI=1S/C17H23BrFNO2/c1-17(2,3)16(21)22-20-8-6-12(7-9-20)10-13-4-5-14(18)15(19)11-13/h4-5,11-12H,6-10H2,1-3H3. The topological polar surface area (TPSA) is 29.5 Å². The Kier molecular flexibility index (Phi) is 5.61. The van der Waals surface area contributed by atoms with Crippen molar-refractivity contribution in [2.45, 2.75) is 40.0 Å². The van der Waals surface area contributed by atoms with Crippen LogP contribution in [0.5, 0.6) is 0 Å². The molecule has 1 heterocycles. The lowest BCUT2D eigenvalue weighted by atomic mass is 9.91. The largest absolute Gasteiger partial charge is 0.367 e. The zero-order chi connectivity index (χ0) is 16.3. The molecule has 0 bridgehead atoms. The smallest absolute Gasteiger partial charge is 0.330 e. The molecule has 0 amide bonds. The predicted molar refractivity (Wildman–Crippen MR) is 87.6 cm³/mol. The minimum atomic E-state index is -0.480. The molecule has 0 saturated carbocycles. The molecule has 1 saturated heterocycles. The summed E-state index contributed by atoms with van der Waals surface area (Å²) in [5.74, 6) is 0.0974. The molecule has 0 unspecified atom stereocenters. The highest BCUT2D eigenvalue weighted by Gasteiger charge is 2.28. The van der Waals surface area contributed by atoms with E-state index in [1.54, 1.807) is 17.2 Å². The summed E-state index contributed by atoms with van der Waals surface area (Å²) >= 11 is 3.17. The van der Waals surface area contributed by atoms with Gasteiger partial charge < -0.3 is 4.84 Å². The van der Waals surface area contributed by atoms with Crippen LogP contribution in [0.15, 0.2) is 22.7 Å². The van der Waals surface area contributed by atoms with Crippen LogP contribution in [0.3, 0.4) is 0 Å². The van der Waals surface area contributed by atoms with E-state index in [9.17, 15) is 9.18 Å².